The van der Waals surface area contributed by atoms with Crippen LogP contribution in [0.25, 0.3) is 0 Å². The van der Waals surface area contributed by atoms with E-state index in [2.05, 4.69) is 15.4 Å². The van der Waals surface area contributed by atoms with E-state index in [9.17, 15) is 4.79 Å². The zero-order valence-corrected chi connectivity index (χ0v) is 10.4. The largest absolute Gasteiger partial charge is 0.399 e. The fourth-order valence-corrected chi connectivity index (χ4v) is 2.49. The molecule has 0 bridgehead atoms. The third-order valence-electron chi connectivity index (χ3n) is 3.35. The lowest BCUT2D eigenvalue weighted by molar-refractivity contribution is -0.122. The van der Waals surface area contributed by atoms with Gasteiger partial charge in [-0.05, 0) is 36.1 Å². The number of nitrogens with two attached hydrogens (primary N) is 1. The molecule has 2 aromatic rings. The summed E-state index contributed by atoms with van der Waals surface area (Å²) < 4.78 is 1.51. The van der Waals surface area contributed by atoms with Crippen LogP contribution in [0, 0.1) is 0 Å². The van der Waals surface area contributed by atoms with Crippen molar-refractivity contribution in [2.75, 3.05) is 5.73 Å². The highest BCUT2D eigenvalue weighted by Gasteiger charge is 2.23. The fourth-order valence-electron chi connectivity index (χ4n) is 2.49. The monoisotopic (exact) mass is 257 g/mol. The maximum Gasteiger partial charge on any atom is 0.242 e. The second-order valence-corrected chi connectivity index (χ2v) is 4.71. The first-order valence-electron chi connectivity index (χ1n) is 6.22. The molecule has 0 saturated carbocycles. The molecular weight excluding hydrogens is 242 g/mol. The Morgan fingerprint density at radius 3 is 3.21 bits per heavy atom. The van der Waals surface area contributed by atoms with Crippen molar-refractivity contribution in [2.45, 2.75) is 25.4 Å². The molecule has 0 radical (unpaired) electrons. The SMILES string of the molecule is Nc1ccc2c(c1)CCC2NC(=O)Cn1cncn1. The number of nitrogen functional groups attached to an aromatic ring is 1. The summed E-state index contributed by atoms with van der Waals surface area (Å²) in [6, 6.07) is 5.93. The Bertz CT molecular complexity index is 593. The minimum atomic E-state index is -0.0554. The summed E-state index contributed by atoms with van der Waals surface area (Å²) in [5.74, 6) is -0.0554. The van der Waals surface area contributed by atoms with E-state index in [1.807, 2.05) is 18.2 Å². The molecule has 3 rings (SSSR count). The van der Waals surface area contributed by atoms with Crippen LogP contribution in [0.2, 0.25) is 0 Å². The second kappa shape index (κ2) is 4.72. The van der Waals surface area contributed by atoms with Gasteiger partial charge in [-0.2, -0.15) is 5.10 Å². The number of amides is 1. The summed E-state index contributed by atoms with van der Waals surface area (Å²) in [6.45, 7) is 0.195. The molecule has 0 saturated heterocycles. The highest BCUT2D eigenvalue weighted by Crippen LogP contribution is 2.32. The summed E-state index contributed by atoms with van der Waals surface area (Å²) in [5, 5.41) is 6.94. The third kappa shape index (κ3) is 2.42. The van der Waals surface area contributed by atoms with E-state index in [1.165, 1.54) is 28.5 Å². The van der Waals surface area contributed by atoms with Crippen molar-refractivity contribution in [3.8, 4) is 0 Å². The molecule has 1 aromatic heterocycles. The molecule has 0 fully saturated rings. The molecule has 1 aromatic carbocycles. The number of anilines is 1. The van der Waals surface area contributed by atoms with Gasteiger partial charge >= 0.3 is 0 Å². The highest BCUT2D eigenvalue weighted by molar-refractivity contribution is 5.76. The van der Waals surface area contributed by atoms with Crippen molar-refractivity contribution in [3.05, 3.63) is 42.0 Å². The number of rotatable bonds is 3. The Morgan fingerprint density at radius 1 is 1.53 bits per heavy atom. The molecule has 1 unspecified atom stereocenters. The summed E-state index contributed by atoms with van der Waals surface area (Å²) in [7, 11) is 0. The Labute approximate surface area is 110 Å². The van der Waals surface area contributed by atoms with E-state index in [4.69, 9.17) is 5.73 Å². The Morgan fingerprint density at radius 2 is 2.42 bits per heavy atom. The van der Waals surface area contributed by atoms with Gasteiger partial charge in [-0.1, -0.05) is 6.07 Å². The molecule has 98 valence electrons. The van der Waals surface area contributed by atoms with E-state index in [1.54, 1.807) is 0 Å². The number of aryl methyl sites for hydroxylation is 1. The molecule has 0 spiro atoms. The second-order valence-electron chi connectivity index (χ2n) is 4.71. The van der Waals surface area contributed by atoms with Gasteiger partial charge < -0.3 is 11.1 Å². The quantitative estimate of drug-likeness (QED) is 0.791. The summed E-state index contributed by atoms with van der Waals surface area (Å²) >= 11 is 0. The molecule has 1 aliphatic rings. The number of fused-ring (bicyclic) bond motifs is 1. The molecule has 1 atom stereocenters. The fraction of sp³-hybridized carbons (Fsp3) is 0.308. The first kappa shape index (κ1) is 11.7. The normalized spacial score (nSPS) is 17.2. The zero-order valence-electron chi connectivity index (χ0n) is 10.4. The number of carbonyl (C=O) groups is 1. The average molecular weight is 257 g/mol. The lowest BCUT2D eigenvalue weighted by atomic mass is 10.1. The summed E-state index contributed by atoms with van der Waals surface area (Å²) in [4.78, 5) is 15.7. The zero-order chi connectivity index (χ0) is 13.2. The van der Waals surface area contributed by atoms with Crippen LogP contribution in [0.15, 0.2) is 30.9 Å². The third-order valence-corrected chi connectivity index (χ3v) is 3.35. The number of carbonyl (C=O) groups excluding carboxylic acids is 1. The molecular formula is C13H15N5O. The predicted molar refractivity (Wildman–Crippen MR) is 70.1 cm³/mol. The first-order chi connectivity index (χ1) is 9.22. The van der Waals surface area contributed by atoms with E-state index in [0.29, 0.717) is 0 Å². The summed E-state index contributed by atoms with van der Waals surface area (Å²) in [5.41, 5.74) is 8.93. The molecule has 6 nitrogen and oxygen atoms in total. The van der Waals surface area contributed by atoms with Crippen molar-refractivity contribution in [1.82, 2.24) is 20.1 Å². The maximum absolute atomic E-state index is 11.9. The molecule has 1 amide bonds. The maximum atomic E-state index is 11.9. The number of aromatic nitrogens is 3. The standard InChI is InChI=1S/C13H15N5O/c14-10-2-3-11-9(5-10)1-4-12(11)17-13(19)6-18-8-15-7-16-18/h2-3,5,7-8,12H,1,4,6,14H2,(H,17,19). The van der Waals surface area contributed by atoms with Gasteiger partial charge in [0.1, 0.15) is 19.2 Å². The van der Waals surface area contributed by atoms with Crippen LogP contribution in [0.1, 0.15) is 23.6 Å². The minimum absolute atomic E-state index is 0.0554. The van der Waals surface area contributed by atoms with E-state index >= 15 is 0 Å². The van der Waals surface area contributed by atoms with E-state index < -0.39 is 0 Å². The van der Waals surface area contributed by atoms with Crippen molar-refractivity contribution in [1.29, 1.82) is 0 Å². The van der Waals surface area contributed by atoms with Gasteiger partial charge in [0.25, 0.3) is 0 Å². The lowest BCUT2D eigenvalue weighted by Gasteiger charge is -2.14. The Kier molecular flexibility index (Phi) is 2.91. The predicted octanol–water partition coefficient (Wildman–Crippen LogP) is 0.664. The van der Waals surface area contributed by atoms with Gasteiger partial charge in [-0.3, -0.25) is 4.79 Å². The molecule has 1 heterocycles. The lowest BCUT2D eigenvalue weighted by Crippen LogP contribution is -2.30. The smallest absolute Gasteiger partial charge is 0.242 e. The average Bonchev–Trinajstić information content (AvgIpc) is 2.99. The number of nitrogens with zero attached hydrogens (tertiary/aromatic N) is 3. The molecule has 6 heteroatoms. The van der Waals surface area contributed by atoms with Crippen LogP contribution in [-0.4, -0.2) is 20.7 Å². The molecule has 3 N–H and O–H groups in total. The van der Waals surface area contributed by atoms with Gasteiger partial charge in [0, 0.05) is 5.69 Å². The van der Waals surface area contributed by atoms with Gasteiger partial charge in [0.2, 0.25) is 5.91 Å². The molecule has 1 aliphatic carbocycles. The van der Waals surface area contributed by atoms with Gasteiger partial charge in [-0.25, -0.2) is 9.67 Å². The van der Waals surface area contributed by atoms with Gasteiger partial charge in [0.15, 0.2) is 0 Å². The van der Waals surface area contributed by atoms with Crippen LogP contribution in [-0.2, 0) is 17.8 Å². The van der Waals surface area contributed by atoms with Crippen LogP contribution >= 0.6 is 0 Å². The van der Waals surface area contributed by atoms with Crippen LogP contribution in [0.5, 0.6) is 0 Å². The minimum Gasteiger partial charge on any atom is -0.399 e. The number of hydrogen-bond acceptors (Lipinski definition) is 4. The van der Waals surface area contributed by atoms with Crippen LogP contribution in [0.4, 0.5) is 5.69 Å². The Hall–Kier alpha value is -2.37. The van der Waals surface area contributed by atoms with Crippen molar-refractivity contribution >= 4 is 11.6 Å². The topological polar surface area (TPSA) is 85.8 Å². The summed E-state index contributed by atoms with van der Waals surface area (Å²) in [6.07, 6.45) is 4.82. The van der Waals surface area contributed by atoms with Gasteiger partial charge in [-0.15, -0.1) is 0 Å². The number of benzene rings is 1. The number of hydrogen-bond donors (Lipinski definition) is 2. The molecule has 0 aliphatic heterocycles. The van der Waals surface area contributed by atoms with E-state index in [-0.39, 0.29) is 18.5 Å². The van der Waals surface area contributed by atoms with Crippen molar-refractivity contribution in [3.63, 3.8) is 0 Å². The van der Waals surface area contributed by atoms with Gasteiger partial charge in [0.05, 0.1) is 6.04 Å². The van der Waals surface area contributed by atoms with Crippen LogP contribution < -0.4 is 11.1 Å². The molecule has 19 heavy (non-hydrogen) atoms. The van der Waals surface area contributed by atoms with E-state index in [0.717, 1.165) is 18.5 Å². The van der Waals surface area contributed by atoms with Crippen molar-refractivity contribution in [2.24, 2.45) is 0 Å². The first-order valence-corrected chi connectivity index (χ1v) is 6.22. The van der Waals surface area contributed by atoms with Crippen molar-refractivity contribution < 1.29 is 4.79 Å². The van der Waals surface area contributed by atoms with Crippen LogP contribution in [0.3, 0.4) is 0 Å². The highest BCUT2D eigenvalue weighted by atomic mass is 16.2. The Balaban J connectivity index is 1.67. The number of nitrogens with one attached hydrogen (secondary N) is 1.